The third kappa shape index (κ3) is 3.74. The quantitative estimate of drug-likeness (QED) is 0.455. The molecule has 1 fully saturated rings. The Bertz CT molecular complexity index is 1010. The molecular weight excluding hydrogens is 424 g/mol. The van der Waals surface area contributed by atoms with Gasteiger partial charge in [-0.3, -0.25) is 4.79 Å². The molecule has 10 heteroatoms. The van der Waals surface area contributed by atoms with Gasteiger partial charge in [-0.05, 0) is 25.0 Å². The highest BCUT2D eigenvalue weighted by atomic mass is 16.7. The highest BCUT2D eigenvalue weighted by Gasteiger charge is 2.45. The number of aliphatic hydroxyl groups excluding tert-OH is 4. The van der Waals surface area contributed by atoms with Crippen molar-refractivity contribution in [3.8, 4) is 11.5 Å². The second-order valence-corrected chi connectivity index (χ2v) is 7.65. The van der Waals surface area contributed by atoms with Crippen molar-refractivity contribution in [2.75, 3.05) is 20.3 Å². The summed E-state index contributed by atoms with van der Waals surface area (Å²) >= 11 is 0. The average molecular weight is 450 g/mol. The van der Waals surface area contributed by atoms with E-state index in [1.54, 1.807) is 25.1 Å². The fourth-order valence-corrected chi connectivity index (χ4v) is 4.12. The number of carbonyl (C=O) groups excluding carboxylic acids is 1. The lowest BCUT2D eigenvalue weighted by atomic mass is 9.87. The van der Waals surface area contributed by atoms with Gasteiger partial charge in [0.25, 0.3) is 0 Å². The molecule has 0 amide bonds. The number of carbonyl (C=O) groups is 1. The summed E-state index contributed by atoms with van der Waals surface area (Å²) < 4.78 is 27.8. The van der Waals surface area contributed by atoms with Crippen molar-refractivity contribution in [1.82, 2.24) is 0 Å². The summed E-state index contributed by atoms with van der Waals surface area (Å²) in [7, 11) is 1.42. The van der Waals surface area contributed by atoms with Gasteiger partial charge in [0, 0.05) is 10.9 Å². The van der Waals surface area contributed by atoms with Crippen molar-refractivity contribution in [1.29, 1.82) is 0 Å². The van der Waals surface area contributed by atoms with E-state index in [1.807, 2.05) is 0 Å². The van der Waals surface area contributed by atoms with E-state index in [2.05, 4.69) is 0 Å². The predicted octanol–water partition coefficient (Wildman–Crippen LogP) is 0.369. The summed E-state index contributed by atoms with van der Waals surface area (Å²) in [4.78, 5) is 12.4. The average Bonchev–Trinajstić information content (AvgIpc) is 3.29. The van der Waals surface area contributed by atoms with Crippen molar-refractivity contribution < 1.29 is 48.6 Å². The predicted molar refractivity (Wildman–Crippen MR) is 110 cm³/mol. The van der Waals surface area contributed by atoms with Gasteiger partial charge in [-0.2, -0.15) is 0 Å². The summed E-state index contributed by atoms with van der Waals surface area (Å²) in [5.74, 6) is -0.570. The molecule has 4 rings (SSSR count). The summed E-state index contributed by atoms with van der Waals surface area (Å²) in [5, 5.41) is 40.8. The molecule has 0 spiro atoms. The van der Waals surface area contributed by atoms with Crippen LogP contribution in [-0.2, 0) is 20.7 Å². The van der Waals surface area contributed by atoms with Crippen molar-refractivity contribution in [3.63, 3.8) is 0 Å². The van der Waals surface area contributed by atoms with Crippen molar-refractivity contribution in [2.24, 2.45) is 5.92 Å². The van der Waals surface area contributed by atoms with Gasteiger partial charge in [0.15, 0.2) is 11.3 Å². The van der Waals surface area contributed by atoms with Gasteiger partial charge in [-0.15, -0.1) is 0 Å². The number of furan rings is 1. The highest BCUT2D eigenvalue weighted by Crippen LogP contribution is 2.46. The topological polar surface area (TPSA) is 148 Å². The van der Waals surface area contributed by atoms with Crippen LogP contribution in [0.15, 0.2) is 22.8 Å². The lowest BCUT2D eigenvalue weighted by molar-refractivity contribution is -0.277. The van der Waals surface area contributed by atoms with Gasteiger partial charge < -0.3 is 43.8 Å². The van der Waals surface area contributed by atoms with Crippen LogP contribution in [0.3, 0.4) is 0 Å². The molecule has 6 atom stereocenters. The van der Waals surface area contributed by atoms with Crippen LogP contribution >= 0.6 is 0 Å². The fraction of sp³-hybridized carbons (Fsp3) is 0.500. The summed E-state index contributed by atoms with van der Waals surface area (Å²) in [5.41, 5.74) is 1.74. The van der Waals surface area contributed by atoms with Gasteiger partial charge in [0.1, 0.15) is 24.4 Å². The van der Waals surface area contributed by atoms with Crippen molar-refractivity contribution >= 4 is 23.0 Å². The zero-order valence-corrected chi connectivity index (χ0v) is 17.6. The van der Waals surface area contributed by atoms with Crippen LogP contribution in [0.2, 0.25) is 0 Å². The van der Waals surface area contributed by atoms with Gasteiger partial charge >= 0.3 is 5.97 Å². The molecule has 1 aliphatic heterocycles. The number of rotatable bonds is 6. The molecule has 2 aromatic rings. The zero-order chi connectivity index (χ0) is 23.0. The first-order valence-electron chi connectivity index (χ1n) is 10.3. The molecule has 0 saturated carbocycles. The Morgan fingerprint density at radius 1 is 1.19 bits per heavy atom. The summed E-state index contributed by atoms with van der Waals surface area (Å²) in [6, 6.07) is 1.77. The Labute approximate surface area is 183 Å². The number of ether oxygens (including phenoxy) is 4. The smallest absolute Gasteiger partial charge is 0.313 e. The molecule has 0 bridgehead atoms. The second kappa shape index (κ2) is 9.08. The van der Waals surface area contributed by atoms with Gasteiger partial charge in [0.2, 0.25) is 12.0 Å². The van der Waals surface area contributed by atoms with Gasteiger partial charge in [-0.1, -0.05) is 12.2 Å². The van der Waals surface area contributed by atoms with E-state index in [0.29, 0.717) is 11.1 Å². The van der Waals surface area contributed by atoms with E-state index in [4.69, 9.17) is 23.4 Å². The highest BCUT2D eigenvalue weighted by molar-refractivity contribution is 5.97. The number of benzene rings is 1. The maximum absolute atomic E-state index is 12.4. The Morgan fingerprint density at radius 2 is 1.97 bits per heavy atom. The number of esters is 1. The number of fused-ring (bicyclic) bond motifs is 3. The molecular formula is C22H26O10. The number of hydrogen-bond acceptors (Lipinski definition) is 10. The van der Waals surface area contributed by atoms with Crippen LogP contribution in [0, 0.1) is 5.92 Å². The molecule has 1 saturated heterocycles. The minimum atomic E-state index is -1.61. The van der Waals surface area contributed by atoms with Crippen LogP contribution < -0.4 is 9.47 Å². The number of hydrogen-bond donors (Lipinski definition) is 4. The lowest BCUT2D eigenvalue weighted by Gasteiger charge is -2.40. The third-order valence-corrected chi connectivity index (χ3v) is 5.76. The summed E-state index contributed by atoms with van der Waals surface area (Å²) in [6.07, 6.45) is -2.05. The maximum Gasteiger partial charge on any atom is 0.313 e. The first-order chi connectivity index (χ1) is 15.4. The van der Waals surface area contributed by atoms with E-state index in [1.165, 1.54) is 13.4 Å². The zero-order valence-electron chi connectivity index (χ0n) is 17.6. The molecule has 1 aliphatic carbocycles. The van der Waals surface area contributed by atoms with Crippen LogP contribution in [0.4, 0.5) is 0 Å². The molecule has 2 aliphatic rings. The molecule has 1 aromatic heterocycles. The monoisotopic (exact) mass is 450 g/mol. The second-order valence-electron chi connectivity index (χ2n) is 7.65. The van der Waals surface area contributed by atoms with E-state index in [0.717, 1.165) is 10.9 Å². The van der Waals surface area contributed by atoms with E-state index < -0.39 is 43.2 Å². The number of aliphatic hydroxyl groups is 4. The largest absolute Gasteiger partial charge is 0.490 e. The first-order valence-corrected chi connectivity index (χ1v) is 10.3. The number of methoxy groups -OCH3 is 1. The van der Waals surface area contributed by atoms with Gasteiger partial charge in [0.05, 0.1) is 32.5 Å². The fourth-order valence-electron chi connectivity index (χ4n) is 4.12. The Morgan fingerprint density at radius 3 is 2.66 bits per heavy atom. The van der Waals surface area contributed by atoms with Crippen molar-refractivity contribution in [3.05, 3.63) is 29.5 Å². The van der Waals surface area contributed by atoms with Crippen LogP contribution in [0.5, 0.6) is 11.5 Å². The summed E-state index contributed by atoms with van der Waals surface area (Å²) in [6.45, 7) is 1.38. The molecule has 0 radical (unpaired) electrons. The van der Waals surface area contributed by atoms with E-state index >= 15 is 0 Å². The van der Waals surface area contributed by atoms with Crippen LogP contribution in [0.1, 0.15) is 18.1 Å². The lowest BCUT2D eigenvalue weighted by Crippen LogP contribution is -2.60. The molecule has 10 nitrogen and oxygen atoms in total. The van der Waals surface area contributed by atoms with Crippen LogP contribution in [-0.4, -0.2) is 77.4 Å². The molecule has 4 N–H and O–H groups in total. The normalized spacial score (nSPS) is 29.6. The minimum absolute atomic E-state index is 0.160. The SMILES string of the molecule is CCOC(=O)[C@H]1C=Cc2c(c(O[C@H]3O[C@H](CO)[C@@H](O)[C@H](O)[C@H]3O)c(OC)c3occc23)C1. The minimum Gasteiger partial charge on any atom is -0.490 e. The Balaban J connectivity index is 1.78. The molecule has 2 heterocycles. The standard InChI is InChI=1S/C22H26O10/c1-3-29-21(27)10-4-5-11-12-6-7-30-18(12)20(28-2)19(13(11)8-10)32-22-17(26)16(25)15(24)14(9-23)31-22/h4-7,10,14-17,22-26H,3,8-9H2,1-2H3/t10-,14+,15+,16-,17+,22+/m0/s1. The van der Waals surface area contributed by atoms with Gasteiger partial charge in [-0.25, -0.2) is 0 Å². The van der Waals surface area contributed by atoms with E-state index in [9.17, 15) is 25.2 Å². The molecule has 0 unspecified atom stereocenters. The maximum atomic E-state index is 12.4. The Kier molecular flexibility index (Phi) is 6.40. The van der Waals surface area contributed by atoms with Crippen molar-refractivity contribution in [2.45, 2.75) is 44.1 Å². The Hall–Kier alpha value is -2.63. The molecule has 174 valence electrons. The molecule has 32 heavy (non-hydrogen) atoms. The third-order valence-electron chi connectivity index (χ3n) is 5.76. The van der Waals surface area contributed by atoms with E-state index in [-0.39, 0.29) is 30.5 Å². The van der Waals surface area contributed by atoms with Crippen LogP contribution in [0.25, 0.3) is 17.0 Å². The first kappa shape index (κ1) is 22.6. The molecule has 1 aromatic carbocycles.